The Morgan fingerprint density at radius 2 is 2.12 bits per heavy atom. The van der Waals surface area contributed by atoms with Crippen molar-refractivity contribution < 1.29 is 10.4 Å². The van der Waals surface area contributed by atoms with Crippen LogP contribution < -0.4 is 0 Å². The smallest absolute Gasteiger partial charge is 0.269 e. The number of nitrogens with zero attached hydrogens (tertiary/aromatic N) is 7. The Hall–Kier alpha value is -3.25. The van der Waals surface area contributed by atoms with Gasteiger partial charge in [0.05, 0.1) is 11.1 Å². The van der Waals surface area contributed by atoms with Crippen LogP contribution in [0.4, 0.5) is 5.69 Å². The van der Waals surface area contributed by atoms with Gasteiger partial charge >= 0.3 is 0 Å². The zero-order valence-corrected chi connectivity index (χ0v) is 12.9. The minimum Gasteiger partial charge on any atom is -0.412 e. The molecule has 0 aliphatic rings. The van der Waals surface area contributed by atoms with Gasteiger partial charge in [0, 0.05) is 12.1 Å². The SMILES string of the molecule is O.O=[N+]([O-])c1ccc(/C=N/n2c(Cn3cncn3)n[nH]c2=S)cc1. The van der Waals surface area contributed by atoms with E-state index >= 15 is 0 Å². The Morgan fingerprint density at radius 1 is 1.38 bits per heavy atom. The molecule has 0 aliphatic carbocycles. The average molecular weight is 348 g/mol. The summed E-state index contributed by atoms with van der Waals surface area (Å²) in [6.45, 7) is 0.352. The molecule has 0 unspecified atom stereocenters. The van der Waals surface area contributed by atoms with Gasteiger partial charge in [0.25, 0.3) is 5.69 Å². The van der Waals surface area contributed by atoms with Crippen LogP contribution in [0.5, 0.6) is 0 Å². The molecule has 0 aliphatic heterocycles. The fourth-order valence-corrected chi connectivity index (χ4v) is 2.01. The van der Waals surface area contributed by atoms with Crippen LogP contribution in [0.15, 0.2) is 42.0 Å². The summed E-state index contributed by atoms with van der Waals surface area (Å²) in [6, 6.07) is 6.02. The van der Waals surface area contributed by atoms with Crippen LogP contribution in [0.1, 0.15) is 11.4 Å². The molecule has 24 heavy (non-hydrogen) atoms. The molecule has 3 N–H and O–H groups in total. The lowest BCUT2D eigenvalue weighted by atomic mass is 10.2. The van der Waals surface area contributed by atoms with Crippen molar-refractivity contribution in [3.05, 3.63) is 63.2 Å². The molecule has 0 atom stereocenters. The molecule has 0 spiro atoms. The summed E-state index contributed by atoms with van der Waals surface area (Å²) in [5.74, 6) is 0.554. The highest BCUT2D eigenvalue weighted by molar-refractivity contribution is 7.71. The van der Waals surface area contributed by atoms with Gasteiger partial charge in [0.2, 0.25) is 4.77 Å². The third kappa shape index (κ3) is 3.74. The Labute approximate surface area is 139 Å². The molecule has 1 aromatic carbocycles. The number of H-pyrrole nitrogens is 1. The number of hydrogen-bond donors (Lipinski definition) is 1. The second kappa shape index (κ2) is 7.34. The van der Waals surface area contributed by atoms with Gasteiger partial charge in [-0.15, -0.1) is 0 Å². The molecule has 0 radical (unpaired) electrons. The molecule has 2 heterocycles. The number of non-ortho nitro benzene ring substituents is 1. The molecule has 0 saturated carbocycles. The van der Waals surface area contributed by atoms with Crippen molar-refractivity contribution in [1.29, 1.82) is 0 Å². The largest absolute Gasteiger partial charge is 0.412 e. The fourth-order valence-electron chi connectivity index (χ4n) is 1.81. The predicted molar refractivity (Wildman–Crippen MR) is 86.2 cm³/mol. The van der Waals surface area contributed by atoms with Gasteiger partial charge in [-0.25, -0.2) is 9.67 Å². The van der Waals surface area contributed by atoms with Crippen molar-refractivity contribution in [2.45, 2.75) is 6.54 Å². The number of nitrogens with one attached hydrogen (secondary N) is 1. The molecule has 12 heteroatoms. The van der Waals surface area contributed by atoms with Crippen LogP contribution in [0.3, 0.4) is 0 Å². The van der Waals surface area contributed by atoms with Crippen LogP contribution in [0.2, 0.25) is 0 Å². The van der Waals surface area contributed by atoms with Crippen LogP contribution >= 0.6 is 12.2 Å². The average Bonchev–Trinajstić information content (AvgIpc) is 3.17. The second-order valence-corrected chi connectivity index (χ2v) is 4.83. The van der Waals surface area contributed by atoms with E-state index < -0.39 is 4.92 Å². The third-order valence-corrected chi connectivity index (χ3v) is 3.18. The Kier molecular flexibility index (Phi) is 5.23. The minimum atomic E-state index is -0.455. The predicted octanol–water partition coefficient (Wildman–Crippen LogP) is 0.546. The van der Waals surface area contributed by atoms with Crippen molar-refractivity contribution in [3.8, 4) is 0 Å². The van der Waals surface area contributed by atoms with Gasteiger partial charge in [0.15, 0.2) is 5.82 Å². The molecule has 3 aromatic rings. The highest BCUT2D eigenvalue weighted by Crippen LogP contribution is 2.10. The maximum absolute atomic E-state index is 10.6. The van der Waals surface area contributed by atoms with Crippen LogP contribution in [-0.4, -0.2) is 46.3 Å². The van der Waals surface area contributed by atoms with E-state index in [1.807, 2.05) is 0 Å². The highest BCUT2D eigenvalue weighted by Gasteiger charge is 2.07. The normalized spacial score (nSPS) is 10.7. The summed E-state index contributed by atoms with van der Waals surface area (Å²) < 4.78 is 3.37. The summed E-state index contributed by atoms with van der Waals surface area (Å²) in [5, 5.41) is 25.6. The second-order valence-electron chi connectivity index (χ2n) is 4.44. The summed E-state index contributed by atoms with van der Waals surface area (Å²) in [4.78, 5) is 14.0. The van der Waals surface area contributed by atoms with E-state index in [0.717, 1.165) is 0 Å². The topological polar surface area (TPSA) is 151 Å². The molecule has 0 amide bonds. The lowest BCUT2D eigenvalue weighted by molar-refractivity contribution is -0.384. The molecule has 0 bridgehead atoms. The first-order valence-corrected chi connectivity index (χ1v) is 6.82. The van der Waals surface area contributed by atoms with Crippen LogP contribution in [0.25, 0.3) is 0 Å². The lowest BCUT2D eigenvalue weighted by Gasteiger charge is -2.00. The maximum Gasteiger partial charge on any atom is 0.269 e. The van der Waals surface area contributed by atoms with Crippen molar-refractivity contribution in [1.82, 2.24) is 29.6 Å². The van der Waals surface area contributed by atoms with Crippen LogP contribution in [-0.2, 0) is 6.54 Å². The van der Waals surface area contributed by atoms with Crippen molar-refractivity contribution in [2.24, 2.45) is 5.10 Å². The third-order valence-electron chi connectivity index (χ3n) is 2.91. The number of aromatic amines is 1. The summed E-state index contributed by atoms with van der Waals surface area (Å²) in [7, 11) is 0. The summed E-state index contributed by atoms with van der Waals surface area (Å²) >= 11 is 5.14. The molecule has 124 valence electrons. The van der Waals surface area contributed by atoms with E-state index in [9.17, 15) is 10.1 Å². The van der Waals surface area contributed by atoms with Crippen LogP contribution in [0, 0.1) is 14.9 Å². The van der Waals surface area contributed by atoms with Crippen molar-refractivity contribution in [2.75, 3.05) is 0 Å². The molecule has 3 rings (SSSR count). The zero-order chi connectivity index (χ0) is 16.2. The molecular formula is C12H12N8O3S. The molecule has 11 nitrogen and oxygen atoms in total. The van der Waals surface area contributed by atoms with Gasteiger partial charge in [-0.3, -0.25) is 15.2 Å². The number of nitro benzene ring substituents is 1. The van der Waals surface area contributed by atoms with E-state index in [4.69, 9.17) is 12.2 Å². The summed E-state index contributed by atoms with van der Waals surface area (Å²) in [6.07, 6.45) is 4.52. The molecule has 0 saturated heterocycles. The van der Waals surface area contributed by atoms with E-state index in [1.165, 1.54) is 23.1 Å². The van der Waals surface area contributed by atoms with E-state index in [2.05, 4.69) is 25.4 Å². The van der Waals surface area contributed by atoms with Gasteiger partial charge in [-0.05, 0) is 29.9 Å². The quantitative estimate of drug-likeness (QED) is 0.307. The Bertz CT molecular complexity index is 897. The highest BCUT2D eigenvalue weighted by atomic mass is 32.1. The Balaban J connectivity index is 0.00000208. The van der Waals surface area contributed by atoms with Gasteiger partial charge in [-0.1, -0.05) is 0 Å². The zero-order valence-electron chi connectivity index (χ0n) is 12.1. The fraction of sp³-hybridized carbons (Fsp3) is 0.0833. The minimum absolute atomic E-state index is 0. The Morgan fingerprint density at radius 3 is 2.75 bits per heavy atom. The standard InChI is InChI=1S/C12H10N8O2S.H2O/c21-20(22)10-3-1-9(2-4-10)5-14-19-11(16-17-12(19)23)6-18-8-13-7-15-18;/h1-5,7-8H,6H2,(H,17,23);1H2/b14-5+;. The van der Waals surface area contributed by atoms with Crippen molar-refractivity contribution >= 4 is 24.1 Å². The first kappa shape index (κ1) is 17.1. The lowest BCUT2D eigenvalue weighted by Crippen LogP contribution is -2.06. The first-order chi connectivity index (χ1) is 11.1. The monoisotopic (exact) mass is 348 g/mol. The van der Waals surface area contributed by atoms with Gasteiger partial charge < -0.3 is 5.48 Å². The van der Waals surface area contributed by atoms with E-state index in [-0.39, 0.29) is 11.2 Å². The van der Waals surface area contributed by atoms with E-state index in [1.54, 1.807) is 29.4 Å². The van der Waals surface area contributed by atoms with Gasteiger partial charge in [-0.2, -0.15) is 20.0 Å². The molecule has 0 fully saturated rings. The number of rotatable bonds is 5. The number of benzene rings is 1. The van der Waals surface area contributed by atoms with Gasteiger partial charge in [0.1, 0.15) is 19.2 Å². The summed E-state index contributed by atoms with van der Waals surface area (Å²) in [5.41, 5.74) is 0.722. The number of aromatic nitrogens is 6. The first-order valence-electron chi connectivity index (χ1n) is 6.41. The maximum atomic E-state index is 10.6. The number of nitro groups is 1. The van der Waals surface area contributed by atoms with E-state index in [0.29, 0.717) is 22.7 Å². The number of hydrogen-bond acceptors (Lipinski definition) is 7. The molecular weight excluding hydrogens is 336 g/mol. The van der Waals surface area contributed by atoms with Crippen molar-refractivity contribution in [3.63, 3.8) is 0 Å². The molecule has 2 aromatic heterocycles.